The lowest BCUT2D eigenvalue weighted by Gasteiger charge is -2.12. The summed E-state index contributed by atoms with van der Waals surface area (Å²) in [6.07, 6.45) is -3.46. The lowest BCUT2D eigenvalue weighted by Crippen LogP contribution is -2.07. The first-order valence-electron chi connectivity index (χ1n) is 8.29. The minimum atomic E-state index is -4.40. The van der Waals surface area contributed by atoms with Gasteiger partial charge in [-0.1, -0.05) is 12.1 Å². The topological polar surface area (TPSA) is 77.2 Å². The summed E-state index contributed by atoms with van der Waals surface area (Å²) in [5.74, 6) is -0.382. The lowest BCUT2D eigenvalue weighted by molar-refractivity contribution is -0.138. The van der Waals surface area contributed by atoms with Gasteiger partial charge in [-0.05, 0) is 48.9 Å². The second kappa shape index (κ2) is 7.71. The van der Waals surface area contributed by atoms with Crippen LogP contribution in [-0.2, 0) is 17.4 Å². The van der Waals surface area contributed by atoms with Crippen molar-refractivity contribution < 1.29 is 27.8 Å². The van der Waals surface area contributed by atoms with Crippen LogP contribution in [0.5, 0.6) is 5.75 Å². The van der Waals surface area contributed by atoms with Crippen LogP contribution in [0.2, 0.25) is 0 Å². The fourth-order valence-electron chi connectivity index (χ4n) is 2.49. The normalized spacial score (nSPS) is 12.6. The average Bonchev–Trinajstić information content (AvgIpc) is 3.13. The second-order valence-electron chi connectivity index (χ2n) is 6.08. The molecule has 28 heavy (non-hydrogen) atoms. The number of hydrogen-bond donors (Lipinski definition) is 1. The predicted octanol–water partition coefficient (Wildman–Crippen LogP) is 4.05. The highest BCUT2D eigenvalue weighted by Crippen LogP contribution is 2.29. The second-order valence-corrected chi connectivity index (χ2v) is 6.08. The SMILES string of the molecule is C[C@H](Oc1ccc(CC(=O)O)cc1)c1cnn(-c2ccc(C(F)(F)F)cc2)n1. The Balaban J connectivity index is 1.68. The van der Waals surface area contributed by atoms with Gasteiger partial charge < -0.3 is 9.84 Å². The van der Waals surface area contributed by atoms with Crippen LogP contribution in [0.25, 0.3) is 5.69 Å². The number of carbonyl (C=O) groups is 1. The molecule has 1 aromatic heterocycles. The third-order valence-electron chi connectivity index (χ3n) is 3.94. The van der Waals surface area contributed by atoms with Crippen LogP contribution in [0, 0.1) is 0 Å². The summed E-state index contributed by atoms with van der Waals surface area (Å²) in [6.45, 7) is 1.76. The quantitative estimate of drug-likeness (QED) is 0.686. The first kappa shape index (κ1) is 19.4. The number of carboxylic acids is 1. The van der Waals surface area contributed by atoms with Gasteiger partial charge in [0.15, 0.2) is 0 Å². The van der Waals surface area contributed by atoms with Crippen LogP contribution in [0.1, 0.15) is 29.8 Å². The van der Waals surface area contributed by atoms with E-state index in [1.54, 1.807) is 31.2 Å². The standard InChI is InChI=1S/C19H16F3N3O3/c1-12(28-16-8-2-13(3-9-16)10-18(26)27)17-11-23-25(24-17)15-6-4-14(5-7-15)19(20,21)22/h2-9,11-12H,10H2,1H3,(H,26,27)/t12-/m0/s1. The fourth-order valence-corrected chi connectivity index (χ4v) is 2.49. The molecule has 0 amide bonds. The van der Waals surface area contributed by atoms with Crippen LogP contribution >= 0.6 is 0 Å². The van der Waals surface area contributed by atoms with Gasteiger partial charge in [-0.15, -0.1) is 5.10 Å². The molecule has 0 bridgehead atoms. The van der Waals surface area contributed by atoms with Crippen molar-refractivity contribution >= 4 is 5.97 Å². The molecule has 1 atom stereocenters. The first-order chi connectivity index (χ1) is 13.2. The highest BCUT2D eigenvalue weighted by atomic mass is 19.4. The minimum absolute atomic E-state index is 0.0721. The summed E-state index contributed by atoms with van der Waals surface area (Å²) < 4.78 is 43.7. The molecule has 6 nitrogen and oxygen atoms in total. The van der Waals surface area contributed by atoms with E-state index < -0.39 is 23.8 Å². The molecule has 0 fully saturated rings. The van der Waals surface area contributed by atoms with Gasteiger partial charge in [-0.3, -0.25) is 4.79 Å². The summed E-state index contributed by atoms with van der Waals surface area (Å²) in [6, 6.07) is 11.2. The Morgan fingerprint density at radius 3 is 2.36 bits per heavy atom. The Morgan fingerprint density at radius 2 is 1.79 bits per heavy atom. The van der Waals surface area contributed by atoms with Crippen molar-refractivity contribution in [1.82, 2.24) is 15.0 Å². The van der Waals surface area contributed by atoms with E-state index >= 15 is 0 Å². The van der Waals surface area contributed by atoms with E-state index in [4.69, 9.17) is 9.84 Å². The van der Waals surface area contributed by atoms with Crippen molar-refractivity contribution in [3.05, 3.63) is 71.5 Å². The van der Waals surface area contributed by atoms with Crippen molar-refractivity contribution in [2.75, 3.05) is 0 Å². The van der Waals surface area contributed by atoms with Gasteiger partial charge in [0.2, 0.25) is 0 Å². The molecule has 0 radical (unpaired) electrons. The summed E-state index contributed by atoms with van der Waals surface area (Å²) in [5, 5.41) is 17.1. The maximum Gasteiger partial charge on any atom is 0.416 e. The molecular formula is C19H16F3N3O3. The average molecular weight is 391 g/mol. The van der Waals surface area contributed by atoms with Gasteiger partial charge in [0, 0.05) is 0 Å². The number of nitrogens with zero attached hydrogens (tertiary/aromatic N) is 3. The molecule has 0 aliphatic carbocycles. The molecule has 0 unspecified atom stereocenters. The lowest BCUT2D eigenvalue weighted by atomic mass is 10.1. The maximum absolute atomic E-state index is 12.6. The number of alkyl halides is 3. The molecule has 0 spiro atoms. The Labute approximate surface area is 158 Å². The van der Waals surface area contributed by atoms with Gasteiger partial charge in [-0.2, -0.15) is 23.1 Å². The van der Waals surface area contributed by atoms with Gasteiger partial charge in [0.25, 0.3) is 0 Å². The minimum Gasteiger partial charge on any atom is -0.484 e. The van der Waals surface area contributed by atoms with E-state index in [-0.39, 0.29) is 6.42 Å². The van der Waals surface area contributed by atoms with Crippen LogP contribution in [0.4, 0.5) is 13.2 Å². The molecule has 0 aliphatic heterocycles. The predicted molar refractivity (Wildman–Crippen MR) is 93.2 cm³/mol. The summed E-state index contributed by atoms with van der Waals surface area (Å²) >= 11 is 0. The van der Waals surface area contributed by atoms with E-state index in [1.807, 2.05) is 0 Å². The summed E-state index contributed by atoms with van der Waals surface area (Å²) in [4.78, 5) is 11.9. The van der Waals surface area contributed by atoms with Gasteiger partial charge in [-0.25, -0.2) is 0 Å². The molecule has 0 saturated carbocycles. The number of aliphatic carboxylic acids is 1. The monoisotopic (exact) mass is 391 g/mol. The summed E-state index contributed by atoms with van der Waals surface area (Å²) in [5.41, 5.74) is 0.798. The van der Waals surface area contributed by atoms with Crippen molar-refractivity contribution in [3.8, 4) is 11.4 Å². The number of hydrogen-bond acceptors (Lipinski definition) is 4. The van der Waals surface area contributed by atoms with Gasteiger partial charge in [0.1, 0.15) is 17.5 Å². The van der Waals surface area contributed by atoms with E-state index in [0.717, 1.165) is 12.1 Å². The van der Waals surface area contributed by atoms with Crippen molar-refractivity contribution in [1.29, 1.82) is 0 Å². The van der Waals surface area contributed by atoms with E-state index in [9.17, 15) is 18.0 Å². The van der Waals surface area contributed by atoms with Crippen molar-refractivity contribution in [3.63, 3.8) is 0 Å². The van der Waals surface area contributed by atoms with Crippen LogP contribution in [0.15, 0.2) is 54.7 Å². The molecule has 3 aromatic rings. The van der Waals surface area contributed by atoms with E-state index in [0.29, 0.717) is 22.7 Å². The number of benzene rings is 2. The van der Waals surface area contributed by atoms with Gasteiger partial charge >= 0.3 is 12.1 Å². The third kappa shape index (κ3) is 4.67. The molecular weight excluding hydrogens is 375 g/mol. The number of ether oxygens (including phenoxy) is 1. The number of carboxylic acid groups (broad SMARTS) is 1. The zero-order valence-electron chi connectivity index (χ0n) is 14.7. The summed E-state index contributed by atoms with van der Waals surface area (Å²) in [7, 11) is 0. The Bertz CT molecular complexity index is 951. The van der Waals surface area contributed by atoms with Crippen LogP contribution < -0.4 is 4.74 Å². The smallest absolute Gasteiger partial charge is 0.416 e. The molecule has 1 N–H and O–H groups in total. The number of rotatable bonds is 6. The zero-order valence-corrected chi connectivity index (χ0v) is 14.7. The first-order valence-corrected chi connectivity index (χ1v) is 8.29. The Kier molecular flexibility index (Phi) is 5.34. The molecule has 0 saturated heterocycles. The molecule has 0 aliphatic rings. The molecule has 3 rings (SSSR count). The highest BCUT2D eigenvalue weighted by molar-refractivity contribution is 5.70. The maximum atomic E-state index is 12.6. The number of aromatic nitrogens is 3. The fraction of sp³-hybridized carbons (Fsp3) is 0.211. The molecule has 1 heterocycles. The van der Waals surface area contributed by atoms with Crippen LogP contribution in [-0.4, -0.2) is 26.1 Å². The number of halogens is 3. The van der Waals surface area contributed by atoms with Crippen LogP contribution in [0.3, 0.4) is 0 Å². The van der Waals surface area contributed by atoms with Crippen molar-refractivity contribution in [2.45, 2.75) is 25.6 Å². The zero-order chi connectivity index (χ0) is 20.3. The highest BCUT2D eigenvalue weighted by Gasteiger charge is 2.30. The molecule has 9 heteroatoms. The Hall–Kier alpha value is -3.36. The van der Waals surface area contributed by atoms with Crippen molar-refractivity contribution in [2.24, 2.45) is 0 Å². The van der Waals surface area contributed by atoms with Gasteiger partial charge in [0.05, 0.1) is 23.9 Å². The van der Waals surface area contributed by atoms with E-state index in [1.165, 1.54) is 23.1 Å². The molecule has 146 valence electrons. The largest absolute Gasteiger partial charge is 0.484 e. The molecule has 2 aromatic carbocycles. The van der Waals surface area contributed by atoms with E-state index in [2.05, 4.69) is 10.2 Å². The Morgan fingerprint density at radius 1 is 1.14 bits per heavy atom. The third-order valence-corrected chi connectivity index (χ3v) is 3.94.